The second-order valence-electron chi connectivity index (χ2n) is 4.26. The molecule has 21 heavy (non-hydrogen) atoms. The Balaban J connectivity index is 2.23. The summed E-state index contributed by atoms with van der Waals surface area (Å²) in [7, 11) is 1.50. The maximum Gasteiger partial charge on any atom is 0.435 e. The molecule has 3 rings (SSSR count). The summed E-state index contributed by atoms with van der Waals surface area (Å²) >= 11 is 0. The number of aromatic nitrogens is 5. The topological polar surface area (TPSA) is 56.5 Å². The monoisotopic (exact) mass is 297 g/mol. The Morgan fingerprint density at radius 1 is 1.19 bits per heavy atom. The van der Waals surface area contributed by atoms with Gasteiger partial charge in [-0.2, -0.15) is 13.2 Å². The highest BCUT2D eigenvalue weighted by Gasteiger charge is 2.34. The molecule has 0 spiro atoms. The summed E-state index contributed by atoms with van der Waals surface area (Å²) in [4.78, 5) is 7.82. The van der Waals surface area contributed by atoms with Crippen LogP contribution >= 0.6 is 0 Å². The number of halogens is 4. The third kappa shape index (κ3) is 2.20. The summed E-state index contributed by atoms with van der Waals surface area (Å²) in [6.07, 6.45) is -3.25. The molecule has 0 amide bonds. The molecule has 3 heterocycles. The Kier molecular flexibility index (Phi) is 2.85. The van der Waals surface area contributed by atoms with Crippen LogP contribution in [0, 0.1) is 5.82 Å². The molecule has 0 saturated carbocycles. The molecule has 0 N–H and O–H groups in total. The van der Waals surface area contributed by atoms with Crippen molar-refractivity contribution in [2.75, 3.05) is 0 Å². The standard InChI is InChI=1S/C12H7F4N5/c1-21-10-7(5-8(19-20-10)12(14,15)16)18-11(21)9-6(13)3-2-4-17-9/h2-5H,1H3. The lowest BCUT2D eigenvalue weighted by Crippen LogP contribution is -2.09. The first-order chi connectivity index (χ1) is 9.88. The Bertz CT molecular complexity index is 824. The molecule has 108 valence electrons. The van der Waals surface area contributed by atoms with E-state index < -0.39 is 17.7 Å². The maximum atomic E-state index is 13.7. The molecule has 0 aliphatic carbocycles. The van der Waals surface area contributed by atoms with Gasteiger partial charge in [-0.25, -0.2) is 14.4 Å². The van der Waals surface area contributed by atoms with Crippen LogP contribution in [0.15, 0.2) is 24.4 Å². The normalized spacial score (nSPS) is 12.0. The lowest BCUT2D eigenvalue weighted by molar-refractivity contribution is -0.141. The molecule has 0 fully saturated rings. The summed E-state index contributed by atoms with van der Waals surface area (Å²) in [6.45, 7) is 0. The average molecular weight is 297 g/mol. The number of nitrogens with zero attached hydrogens (tertiary/aromatic N) is 5. The van der Waals surface area contributed by atoms with E-state index >= 15 is 0 Å². The molecule has 9 heteroatoms. The fraction of sp³-hybridized carbons (Fsp3) is 0.167. The lowest BCUT2D eigenvalue weighted by Gasteiger charge is -2.03. The number of hydrogen-bond donors (Lipinski definition) is 0. The highest BCUT2D eigenvalue weighted by atomic mass is 19.4. The third-order valence-electron chi connectivity index (χ3n) is 2.88. The zero-order valence-corrected chi connectivity index (χ0v) is 10.6. The van der Waals surface area contributed by atoms with Crippen LogP contribution in [0.5, 0.6) is 0 Å². The Labute approximate surface area is 115 Å². The van der Waals surface area contributed by atoms with Crippen LogP contribution in [0.1, 0.15) is 5.69 Å². The number of aryl methyl sites for hydroxylation is 1. The molecule has 0 aliphatic heterocycles. The highest BCUT2D eigenvalue weighted by Crippen LogP contribution is 2.29. The number of imidazole rings is 1. The average Bonchev–Trinajstić information content (AvgIpc) is 2.75. The van der Waals surface area contributed by atoms with Gasteiger partial charge in [0.1, 0.15) is 11.2 Å². The van der Waals surface area contributed by atoms with E-state index in [4.69, 9.17) is 0 Å². The van der Waals surface area contributed by atoms with Gasteiger partial charge in [0.15, 0.2) is 23.0 Å². The summed E-state index contributed by atoms with van der Waals surface area (Å²) in [6, 6.07) is 3.37. The number of rotatable bonds is 1. The number of hydrogen-bond acceptors (Lipinski definition) is 4. The van der Waals surface area contributed by atoms with E-state index in [0.717, 1.165) is 6.07 Å². The van der Waals surface area contributed by atoms with Gasteiger partial charge in [0.05, 0.1) is 0 Å². The largest absolute Gasteiger partial charge is 0.435 e. The van der Waals surface area contributed by atoms with Crippen molar-refractivity contribution >= 4 is 11.2 Å². The van der Waals surface area contributed by atoms with E-state index in [9.17, 15) is 17.6 Å². The molecule has 0 saturated heterocycles. The van der Waals surface area contributed by atoms with Crippen molar-refractivity contribution in [3.8, 4) is 11.5 Å². The Morgan fingerprint density at radius 3 is 2.62 bits per heavy atom. The molecule has 3 aromatic heterocycles. The quantitative estimate of drug-likeness (QED) is 0.648. The fourth-order valence-corrected chi connectivity index (χ4v) is 1.89. The Hall–Kier alpha value is -2.58. The maximum absolute atomic E-state index is 13.7. The van der Waals surface area contributed by atoms with Gasteiger partial charge in [-0.1, -0.05) is 0 Å². The van der Waals surface area contributed by atoms with Crippen LogP contribution in [0.25, 0.3) is 22.7 Å². The van der Waals surface area contributed by atoms with Gasteiger partial charge >= 0.3 is 6.18 Å². The van der Waals surface area contributed by atoms with Crippen LogP contribution < -0.4 is 0 Å². The second kappa shape index (κ2) is 4.47. The van der Waals surface area contributed by atoms with Crippen LogP contribution in [0.3, 0.4) is 0 Å². The summed E-state index contributed by atoms with van der Waals surface area (Å²) in [5.74, 6) is -0.545. The minimum Gasteiger partial charge on any atom is -0.309 e. The fourth-order valence-electron chi connectivity index (χ4n) is 1.89. The molecule has 5 nitrogen and oxygen atoms in total. The smallest absolute Gasteiger partial charge is 0.309 e. The van der Waals surface area contributed by atoms with Gasteiger partial charge in [-0.05, 0) is 12.1 Å². The first-order valence-corrected chi connectivity index (χ1v) is 5.76. The van der Waals surface area contributed by atoms with Crippen LogP contribution in [0.2, 0.25) is 0 Å². The molecule has 3 aromatic rings. The van der Waals surface area contributed by atoms with Crippen LogP contribution in [-0.2, 0) is 13.2 Å². The van der Waals surface area contributed by atoms with Gasteiger partial charge in [-0.3, -0.25) is 0 Å². The zero-order valence-electron chi connectivity index (χ0n) is 10.6. The lowest BCUT2D eigenvalue weighted by atomic mass is 10.3. The van der Waals surface area contributed by atoms with E-state index in [1.807, 2.05) is 0 Å². The van der Waals surface area contributed by atoms with Crippen molar-refractivity contribution in [1.29, 1.82) is 0 Å². The number of alkyl halides is 3. The molecule has 0 bridgehead atoms. The summed E-state index contributed by atoms with van der Waals surface area (Å²) in [5, 5.41) is 6.62. The summed E-state index contributed by atoms with van der Waals surface area (Å²) in [5.41, 5.74) is -1.13. The molecule has 0 atom stereocenters. The predicted octanol–water partition coefficient (Wildman–Crippen LogP) is 2.58. The molecular formula is C12H7F4N5. The van der Waals surface area contributed by atoms with Gasteiger partial charge in [0, 0.05) is 19.3 Å². The minimum absolute atomic E-state index is 0.0279. The molecule has 0 aliphatic rings. The van der Waals surface area contributed by atoms with E-state index in [2.05, 4.69) is 20.2 Å². The molecule has 0 aromatic carbocycles. The van der Waals surface area contributed by atoms with E-state index in [1.54, 1.807) is 0 Å². The van der Waals surface area contributed by atoms with Gasteiger partial charge < -0.3 is 4.57 Å². The predicted molar refractivity (Wildman–Crippen MR) is 64.5 cm³/mol. The number of fused-ring (bicyclic) bond motifs is 1. The molecule has 0 radical (unpaired) electrons. The van der Waals surface area contributed by atoms with Crippen LogP contribution in [-0.4, -0.2) is 24.7 Å². The van der Waals surface area contributed by atoms with E-state index in [0.29, 0.717) is 0 Å². The summed E-state index contributed by atoms with van der Waals surface area (Å²) < 4.78 is 52.9. The van der Waals surface area contributed by atoms with E-state index in [-0.39, 0.29) is 22.7 Å². The first kappa shape index (κ1) is 13.4. The first-order valence-electron chi connectivity index (χ1n) is 5.76. The van der Waals surface area contributed by atoms with Crippen molar-refractivity contribution in [2.45, 2.75) is 6.18 Å². The van der Waals surface area contributed by atoms with Crippen molar-refractivity contribution < 1.29 is 17.6 Å². The van der Waals surface area contributed by atoms with Crippen molar-refractivity contribution in [3.63, 3.8) is 0 Å². The van der Waals surface area contributed by atoms with Gasteiger partial charge in [0.25, 0.3) is 0 Å². The van der Waals surface area contributed by atoms with E-state index in [1.165, 1.54) is 29.9 Å². The second-order valence-corrected chi connectivity index (χ2v) is 4.26. The Morgan fingerprint density at radius 2 is 1.95 bits per heavy atom. The molecule has 0 unspecified atom stereocenters. The SMILES string of the molecule is Cn1c(-c2ncccc2F)nc2cc(C(F)(F)F)nnc21. The van der Waals surface area contributed by atoms with Crippen molar-refractivity contribution in [1.82, 2.24) is 24.7 Å². The zero-order chi connectivity index (χ0) is 15.2. The van der Waals surface area contributed by atoms with Crippen molar-refractivity contribution in [2.24, 2.45) is 7.05 Å². The molecular weight excluding hydrogens is 290 g/mol. The van der Waals surface area contributed by atoms with Crippen LogP contribution in [0.4, 0.5) is 17.6 Å². The van der Waals surface area contributed by atoms with Gasteiger partial charge in [0.2, 0.25) is 0 Å². The van der Waals surface area contributed by atoms with Gasteiger partial charge in [-0.15, -0.1) is 10.2 Å². The highest BCUT2D eigenvalue weighted by molar-refractivity contribution is 5.76. The number of pyridine rings is 1. The van der Waals surface area contributed by atoms with Crippen molar-refractivity contribution in [3.05, 3.63) is 35.9 Å². The third-order valence-corrected chi connectivity index (χ3v) is 2.88. The minimum atomic E-state index is -4.62.